The number of halogens is 1. The number of hydrogen-bond donors (Lipinski definition) is 1. The van der Waals surface area contributed by atoms with E-state index in [4.69, 9.17) is 16.3 Å². The highest BCUT2D eigenvalue weighted by Gasteiger charge is 2.20. The molecular formula is C18H17ClN4O2. The molecule has 2 aromatic heterocycles. The van der Waals surface area contributed by atoms with Gasteiger partial charge in [0.15, 0.2) is 5.65 Å². The highest BCUT2D eigenvalue weighted by atomic mass is 35.5. The van der Waals surface area contributed by atoms with Crippen LogP contribution in [0.2, 0.25) is 5.02 Å². The highest BCUT2D eigenvalue weighted by Crippen LogP contribution is 2.25. The van der Waals surface area contributed by atoms with Gasteiger partial charge < -0.3 is 10.1 Å². The smallest absolute Gasteiger partial charge is 0.355 e. The molecule has 0 spiro atoms. The van der Waals surface area contributed by atoms with Crippen LogP contribution < -0.4 is 11.0 Å². The summed E-state index contributed by atoms with van der Waals surface area (Å²) in [6.07, 6.45) is 1.18. The van der Waals surface area contributed by atoms with Gasteiger partial charge in [0.25, 0.3) is 0 Å². The first-order valence-electron chi connectivity index (χ1n) is 8.14. The summed E-state index contributed by atoms with van der Waals surface area (Å²) in [5.41, 5.74) is 1.49. The van der Waals surface area contributed by atoms with Crippen molar-refractivity contribution in [1.82, 2.24) is 14.5 Å². The summed E-state index contributed by atoms with van der Waals surface area (Å²) >= 11 is 6.29. The van der Waals surface area contributed by atoms with Crippen LogP contribution in [0.15, 0.2) is 41.2 Å². The number of aryl methyl sites for hydroxylation is 1. The first-order chi connectivity index (χ1) is 12.1. The summed E-state index contributed by atoms with van der Waals surface area (Å²) < 4.78 is 6.87. The van der Waals surface area contributed by atoms with Gasteiger partial charge in [-0.25, -0.2) is 14.3 Å². The number of fused-ring (bicyclic) bond motifs is 1. The van der Waals surface area contributed by atoms with E-state index in [9.17, 15) is 4.79 Å². The molecular weight excluding hydrogens is 340 g/mol. The van der Waals surface area contributed by atoms with E-state index in [1.54, 1.807) is 12.1 Å². The van der Waals surface area contributed by atoms with Crippen LogP contribution >= 0.6 is 11.6 Å². The Morgan fingerprint density at radius 2 is 2.08 bits per heavy atom. The first kappa shape index (κ1) is 16.1. The van der Waals surface area contributed by atoms with Crippen LogP contribution in [-0.4, -0.2) is 33.8 Å². The number of anilines is 1. The van der Waals surface area contributed by atoms with Crippen LogP contribution in [0.5, 0.6) is 0 Å². The zero-order valence-corrected chi connectivity index (χ0v) is 14.5. The van der Waals surface area contributed by atoms with Gasteiger partial charge in [0, 0.05) is 18.8 Å². The maximum Gasteiger partial charge on any atom is 0.355 e. The number of hydrogen-bond acceptors (Lipinski definition) is 5. The molecule has 4 rings (SSSR count). The van der Waals surface area contributed by atoms with E-state index < -0.39 is 5.69 Å². The molecule has 1 saturated heterocycles. The minimum atomic E-state index is -0.421. The molecule has 1 atom stereocenters. The van der Waals surface area contributed by atoms with Gasteiger partial charge in [-0.05, 0) is 37.6 Å². The van der Waals surface area contributed by atoms with Gasteiger partial charge >= 0.3 is 5.69 Å². The van der Waals surface area contributed by atoms with Crippen molar-refractivity contribution >= 4 is 28.5 Å². The predicted molar refractivity (Wildman–Crippen MR) is 97.7 cm³/mol. The topological polar surface area (TPSA) is 69.0 Å². The van der Waals surface area contributed by atoms with Crippen molar-refractivity contribution in [3.05, 3.63) is 57.6 Å². The Kier molecular flexibility index (Phi) is 4.15. The molecule has 3 heterocycles. The zero-order valence-electron chi connectivity index (χ0n) is 13.7. The fourth-order valence-electron chi connectivity index (χ4n) is 2.84. The van der Waals surface area contributed by atoms with E-state index >= 15 is 0 Å². The van der Waals surface area contributed by atoms with Gasteiger partial charge in [0.05, 0.1) is 22.2 Å². The minimum absolute atomic E-state index is 0.168. The third-order valence-corrected chi connectivity index (χ3v) is 4.58. The molecule has 1 N–H and O–H groups in total. The SMILES string of the molecule is Cc1ccc2c(NCC3CCO3)nc(=O)n(-c3ccccc3Cl)c2n1. The maximum atomic E-state index is 12.7. The molecule has 7 heteroatoms. The maximum absolute atomic E-state index is 12.7. The third-order valence-electron chi connectivity index (χ3n) is 4.26. The second kappa shape index (κ2) is 6.46. The lowest BCUT2D eigenvalue weighted by atomic mass is 10.2. The van der Waals surface area contributed by atoms with Crippen molar-refractivity contribution in [3.63, 3.8) is 0 Å². The van der Waals surface area contributed by atoms with Crippen LogP contribution in [-0.2, 0) is 4.74 Å². The van der Waals surface area contributed by atoms with Gasteiger partial charge in [-0.1, -0.05) is 23.7 Å². The molecule has 1 aromatic carbocycles. The molecule has 0 bridgehead atoms. The highest BCUT2D eigenvalue weighted by molar-refractivity contribution is 6.32. The normalized spacial score (nSPS) is 16.6. The van der Waals surface area contributed by atoms with Gasteiger partial charge in [0.1, 0.15) is 5.82 Å². The van der Waals surface area contributed by atoms with Crippen LogP contribution in [0.4, 0.5) is 5.82 Å². The van der Waals surface area contributed by atoms with Crippen LogP contribution in [0.3, 0.4) is 0 Å². The molecule has 1 aliphatic rings. The molecule has 0 saturated carbocycles. The lowest BCUT2D eigenvalue weighted by Crippen LogP contribution is -2.34. The van der Waals surface area contributed by atoms with Crippen molar-refractivity contribution in [1.29, 1.82) is 0 Å². The number of nitrogens with zero attached hydrogens (tertiary/aromatic N) is 3. The Hall–Kier alpha value is -2.44. The van der Waals surface area contributed by atoms with Gasteiger partial charge in [0.2, 0.25) is 0 Å². The number of aromatic nitrogens is 3. The molecule has 6 nitrogen and oxygen atoms in total. The van der Waals surface area contributed by atoms with Crippen LogP contribution in [0.1, 0.15) is 12.1 Å². The minimum Gasteiger partial charge on any atom is -0.376 e. The number of pyridine rings is 1. The molecule has 1 fully saturated rings. The van der Waals surface area contributed by atoms with Crippen LogP contribution in [0, 0.1) is 6.92 Å². The average molecular weight is 357 g/mol. The quantitative estimate of drug-likeness (QED) is 0.778. The molecule has 1 unspecified atom stereocenters. The Morgan fingerprint density at radius 3 is 2.80 bits per heavy atom. The van der Waals surface area contributed by atoms with E-state index in [-0.39, 0.29) is 6.10 Å². The van der Waals surface area contributed by atoms with Crippen molar-refractivity contribution in [3.8, 4) is 5.69 Å². The monoisotopic (exact) mass is 356 g/mol. The molecule has 128 valence electrons. The van der Waals surface area contributed by atoms with Crippen molar-refractivity contribution in [2.75, 3.05) is 18.5 Å². The van der Waals surface area contributed by atoms with E-state index in [0.717, 1.165) is 24.1 Å². The average Bonchev–Trinajstić information content (AvgIpc) is 2.54. The second-order valence-corrected chi connectivity index (χ2v) is 6.42. The molecule has 3 aromatic rings. The first-order valence-corrected chi connectivity index (χ1v) is 8.52. The predicted octanol–water partition coefficient (Wildman–Crippen LogP) is 2.94. The largest absolute Gasteiger partial charge is 0.376 e. The summed E-state index contributed by atoms with van der Waals surface area (Å²) in [4.78, 5) is 21.5. The Bertz CT molecular complexity index is 998. The van der Waals surface area contributed by atoms with E-state index in [2.05, 4.69) is 15.3 Å². The fourth-order valence-corrected chi connectivity index (χ4v) is 3.06. The van der Waals surface area contributed by atoms with E-state index in [0.29, 0.717) is 28.7 Å². The van der Waals surface area contributed by atoms with E-state index in [1.807, 2.05) is 31.2 Å². The number of rotatable bonds is 4. The standard InChI is InChI=1S/C18H17ClN4O2/c1-11-6-7-13-16(20-10-12-8-9-25-12)22-18(24)23(17(13)21-11)15-5-3-2-4-14(15)19/h2-7,12H,8-10H2,1H3,(H,20,22,24). The summed E-state index contributed by atoms with van der Waals surface area (Å²) in [7, 11) is 0. The zero-order chi connectivity index (χ0) is 17.4. The number of ether oxygens (including phenoxy) is 1. The number of para-hydroxylation sites is 1. The van der Waals surface area contributed by atoms with Crippen molar-refractivity contribution < 1.29 is 4.74 Å². The summed E-state index contributed by atoms with van der Waals surface area (Å²) in [6, 6.07) is 11.0. The molecule has 0 aliphatic carbocycles. The second-order valence-electron chi connectivity index (χ2n) is 6.02. The molecule has 0 radical (unpaired) electrons. The Labute approximate surface area is 149 Å². The van der Waals surface area contributed by atoms with Gasteiger partial charge in [-0.3, -0.25) is 0 Å². The van der Waals surface area contributed by atoms with Crippen molar-refractivity contribution in [2.45, 2.75) is 19.4 Å². The lowest BCUT2D eigenvalue weighted by molar-refractivity contribution is -0.0410. The number of nitrogens with one attached hydrogen (secondary N) is 1. The summed E-state index contributed by atoms with van der Waals surface area (Å²) in [6.45, 7) is 3.29. The Morgan fingerprint density at radius 1 is 1.28 bits per heavy atom. The van der Waals surface area contributed by atoms with E-state index in [1.165, 1.54) is 4.57 Å². The van der Waals surface area contributed by atoms with Crippen molar-refractivity contribution in [2.24, 2.45) is 0 Å². The summed E-state index contributed by atoms with van der Waals surface area (Å²) in [5.74, 6) is 0.520. The fraction of sp³-hybridized carbons (Fsp3) is 0.278. The summed E-state index contributed by atoms with van der Waals surface area (Å²) in [5, 5.41) is 4.46. The molecule has 0 amide bonds. The van der Waals surface area contributed by atoms with Gasteiger partial charge in [-0.15, -0.1) is 0 Å². The number of benzene rings is 1. The third kappa shape index (κ3) is 2.99. The van der Waals surface area contributed by atoms with Crippen LogP contribution in [0.25, 0.3) is 16.7 Å². The lowest BCUT2D eigenvalue weighted by Gasteiger charge is -2.26. The molecule has 25 heavy (non-hydrogen) atoms. The molecule has 1 aliphatic heterocycles. The van der Waals surface area contributed by atoms with Gasteiger partial charge in [-0.2, -0.15) is 4.98 Å². The Balaban J connectivity index is 1.89.